The van der Waals surface area contributed by atoms with Gasteiger partial charge in [-0.3, -0.25) is 0 Å². The Bertz CT molecular complexity index is 364. The summed E-state index contributed by atoms with van der Waals surface area (Å²) in [5.74, 6) is -0.264. The Balaban J connectivity index is 3.04. The third-order valence-electron chi connectivity index (χ3n) is 2.61. The maximum Gasteiger partial charge on any atom is 0.330 e. The standard InChI is InChI=1S/C12H16BrNO2/c1-4-16-11(15)12(2,14-3)9-5-7-10(13)8-6-9/h5-8,14H,4H2,1-3H3. The number of carbonyl (C=O) groups is 1. The third kappa shape index (κ3) is 2.62. The quantitative estimate of drug-likeness (QED) is 0.864. The molecule has 1 aromatic carbocycles. The van der Waals surface area contributed by atoms with Crippen molar-refractivity contribution < 1.29 is 9.53 Å². The molecule has 0 aliphatic carbocycles. The molecule has 0 heterocycles. The molecule has 16 heavy (non-hydrogen) atoms. The lowest BCUT2D eigenvalue weighted by Crippen LogP contribution is -2.45. The minimum atomic E-state index is -0.795. The molecule has 0 radical (unpaired) electrons. The number of hydrogen-bond acceptors (Lipinski definition) is 3. The van der Waals surface area contributed by atoms with Crippen molar-refractivity contribution in [2.75, 3.05) is 13.7 Å². The van der Waals surface area contributed by atoms with Crippen LogP contribution in [0.4, 0.5) is 0 Å². The van der Waals surface area contributed by atoms with Crippen molar-refractivity contribution in [3.63, 3.8) is 0 Å². The molecule has 0 fully saturated rings. The lowest BCUT2D eigenvalue weighted by Gasteiger charge is -2.27. The molecule has 1 N–H and O–H groups in total. The Morgan fingerprint density at radius 1 is 1.44 bits per heavy atom. The highest BCUT2D eigenvalue weighted by atomic mass is 79.9. The Hall–Kier alpha value is -0.870. The number of rotatable bonds is 4. The van der Waals surface area contributed by atoms with Crippen molar-refractivity contribution in [1.82, 2.24) is 5.32 Å². The monoisotopic (exact) mass is 285 g/mol. The van der Waals surface area contributed by atoms with Crippen molar-refractivity contribution in [2.24, 2.45) is 0 Å². The summed E-state index contributed by atoms with van der Waals surface area (Å²) in [5.41, 5.74) is 0.0909. The van der Waals surface area contributed by atoms with Crippen molar-refractivity contribution in [3.05, 3.63) is 34.3 Å². The Kier molecular flexibility index (Phi) is 4.50. The highest BCUT2D eigenvalue weighted by molar-refractivity contribution is 9.10. The SMILES string of the molecule is CCOC(=O)C(C)(NC)c1ccc(Br)cc1. The summed E-state index contributed by atoms with van der Waals surface area (Å²) in [5, 5.41) is 3.01. The summed E-state index contributed by atoms with van der Waals surface area (Å²) in [4.78, 5) is 11.9. The van der Waals surface area contributed by atoms with E-state index < -0.39 is 5.54 Å². The van der Waals surface area contributed by atoms with Gasteiger partial charge in [0.2, 0.25) is 0 Å². The van der Waals surface area contributed by atoms with E-state index in [0.717, 1.165) is 10.0 Å². The normalized spacial score (nSPS) is 14.2. The third-order valence-corrected chi connectivity index (χ3v) is 3.13. The largest absolute Gasteiger partial charge is 0.464 e. The highest BCUT2D eigenvalue weighted by Crippen LogP contribution is 2.23. The van der Waals surface area contributed by atoms with E-state index in [2.05, 4.69) is 21.2 Å². The second kappa shape index (κ2) is 5.46. The molecule has 0 bridgehead atoms. The Labute approximate surface area is 104 Å². The van der Waals surface area contributed by atoms with Crippen LogP contribution in [0.25, 0.3) is 0 Å². The van der Waals surface area contributed by atoms with Crippen LogP contribution in [0.3, 0.4) is 0 Å². The van der Waals surface area contributed by atoms with Gasteiger partial charge in [-0.15, -0.1) is 0 Å². The molecule has 0 amide bonds. The van der Waals surface area contributed by atoms with E-state index in [9.17, 15) is 4.79 Å². The first-order valence-corrected chi connectivity index (χ1v) is 5.96. The van der Waals surface area contributed by atoms with Crippen LogP contribution in [0.2, 0.25) is 0 Å². The Morgan fingerprint density at radius 3 is 2.44 bits per heavy atom. The summed E-state index contributed by atoms with van der Waals surface area (Å²) in [6.07, 6.45) is 0. The number of likely N-dealkylation sites (N-methyl/N-ethyl adjacent to an activating group) is 1. The zero-order valence-electron chi connectivity index (χ0n) is 9.71. The number of esters is 1. The smallest absolute Gasteiger partial charge is 0.330 e. The van der Waals surface area contributed by atoms with E-state index in [1.165, 1.54) is 0 Å². The van der Waals surface area contributed by atoms with Gasteiger partial charge in [-0.2, -0.15) is 0 Å². The average molecular weight is 286 g/mol. The summed E-state index contributed by atoms with van der Waals surface area (Å²) in [6.45, 7) is 4.00. The van der Waals surface area contributed by atoms with E-state index in [1.807, 2.05) is 31.2 Å². The van der Waals surface area contributed by atoms with Gasteiger partial charge < -0.3 is 10.1 Å². The van der Waals surface area contributed by atoms with Crippen LogP contribution in [-0.2, 0) is 15.1 Å². The number of ether oxygens (including phenoxy) is 1. The molecule has 1 atom stereocenters. The first-order valence-electron chi connectivity index (χ1n) is 5.16. The number of hydrogen-bond donors (Lipinski definition) is 1. The topological polar surface area (TPSA) is 38.3 Å². The second-order valence-corrected chi connectivity index (χ2v) is 4.52. The zero-order chi connectivity index (χ0) is 12.2. The zero-order valence-corrected chi connectivity index (χ0v) is 11.3. The predicted octanol–water partition coefficient (Wildman–Crippen LogP) is 2.45. The lowest BCUT2D eigenvalue weighted by atomic mass is 9.92. The average Bonchev–Trinajstić information content (AvgIpc) is 2.29. The molecule has 0 aliphatic rings. The van der Waals surface area contributed by atoms with Crippen molar-refractivity contribution in [3.8, 4) is 0 Å². The fourth-order valence-corrected chi connectivity index (χ4v) is 1.69. The minimum absolute atomic E-state index is 0.264. The summed E-state index contributed by atoms with van der Waals surface area (Å²) < 4.78 is 6.05. The van der Waals surface area contributed by atoms with Crippen LogP contribution in [0.1, 0.15) is 19.4 Å². The van der Waals surface area contributed by atoms with Gasteiger partial charge in [0, 0.05) is 4.47 Å². The van der Waals surface area contributed by atoms with Gasteiger partial charge >= 0.3 is 5.97 Å². The van der Waals surface area contributed by atoms with E-state index in [-0.39, 0.29) is 5.97 Å². The van der Waals surface area contributed by atoms with Gasteiger partial charge in [-0.1, -0.05) is 28.1 Å². The van der Waals surface area contributed by atoms with Crippen LogP contribution in [0.5, 0.6) is 0 Å². The fraction of sp³-hybridized carbons (Fsp3) is 0.417. The summed E-state index contributed by atoms with van der Waals surface area (Å²) >= 11 is 3.37. The molecule has 0 aromatic heterocycles. The van der Waals surface area contributed by atoms with Crippen LogP contribution in [0.15, 0.2) is 28.7 Å². The fourth-order valence-electron chi connectivity index (χ4n) is 1.42. The maximum absolute atomic E-state index is 11.9. The van der Waals surface area contributed by atoms with Crippen molar-refractivity contribution >= 4 is 21.9 Å². The van der Waals surface area contributed by atoms with Gasteiger partial charge in [0.1, 0.15) is 5.54 Å². The number of halogens is 1. The first kappa shape index (κ1) is 13.2. The molecule has 0 aliphatic heterocycles. The van der Waals surface area contributed by atoms with Crippen LogP contribution in [0, 0.1) is 0 Å². The molecule has 4 heteroatoms. The predicted molar refractivity (Wildman–Crippen MR) is 67.2 cm³/mol. The number of nitrogens with one attached hydrogen (secondary N) is 1. The summed E-state index contributed by atoms with van der Waals surface area (Å²) in [7, 11) is 1.75. The molecule has 88 valence electrons. The van der Waals surface area contributed by atoms with Gasteiger partial charge in [-0.05, 0) is 38.6 Å². The van der Waals surface area contributed by atoms with E-state index >= 15 is 0 Å². The molecule has 3 nitrogen and oxygen atoms in total. The lowest BCUT2D eigenvalue weighted by molar-refractivity contribution is -0.150. The molecule has 0 spiro atoms. The second-order valence-electron chi connectivity index (χ2n) is 3.60. The van der Waals surface area contributed by atoms with Crippen LogP contribution < -0.4 is 5.32 Å². The molecular formula is C12H16BrNO2. The van der Waals surface area contributed by atoms with Gasteiger partial charge in [0.05, 0.1) is 6.61 Å². The molecule has 0 saturated carbocycles. The molecule has 1 aromatic rings. The van der Waals surface area contributed by atoms with Crippen molar-refractivity contribution in [1.29, 1.82) is 0 Å². The molecule has 0 saturated heterocycles. The first-order chi connectivity index (χ1) is 7.54. The highest BCUT2D eigenvalue weighted by Gasteiger charge is 2.34. The van der Waals surface area contributed by atoms with Crippen molar-refractivity contribution in [2.45, 2.75) is 19.4 Å². The maximum atomic E-state index is 11.9. The molecule has 1 rings (SSSR count). The number of carbonyl (C=O) groups excluding carboxylic acids is 1. The molecule has 1 unspecified atom stereocenters. The van der Waals surface area contributed by atoms with Gasteiger partial charge in [0.25, 0.3) is 0 Å². The van der Waals surface area contributed by atoms with E-state index in [1.54, 1.807) is 14.0 Å². The van der Waals surface area contributed by atoms with Gasteiger partial charge in [-0.25, -0.2) is 4.79 Å². The molecular weight excluding hydrogens is 270 g/mol. The van der Waals surface area contributed by atoms with Crippen LogP contribution in [-0.4, -0.2) is 19.6 Å². The summed E-state index contributed by atoms with van der Waals surface area (Å²) in [6, 6.07) is 7.61. The van der Waals surface area contributed by atoms with Gasteiger partial charge in [0.15, 0.2) is 0 Å². The van der Waals surface area contributed by atoms with E-state index in [4.69, 9.17) is 4.74 Å². The van der Waals surface area contributed by atoms with Crippen LogP contribution >= 0.6 is 15.9 Å². The minimum Gasteiger partial charge on any atom is -0.464 e. The van der Waals surface area contributed by atoms with E-state index in [0.29, 0.717) is 6.61 Å². The number of benzene rings is 1. The Morgan fingerprint density at radius 2 is 2.00 bits per heavy atom.